The van der Waals surface area contributed by atoms with Crippen molar-refractivity contribution >= 4 is 53.8 Å². The summed E-state index contributed by atoms with van der Waals surface area (Å²) in [6.45, 7) is 4.65. The smallest absolute Gasteiger partial charge is 0.467 e. The first kappa shape index (κ1) is 40.1. The van der Waals surface area contributed by atoms with Crippen LogP contribution in [0.4, 0.5) is 15.3 Å². The maximum Gasteiger partial charge on any atom is 0.518 e. The third-order valence-electron chi connectivity index (χ3n) is 9.16. The first-order chi connectivity index (χ1) is 26.0. The fourth-order valence-electron chi connectivity index (χ4n) is 6.36. The molecule has 2 N–H and O–H groups in total. The number of ether oxygens (including phenoxy) is 6. The molecular formula is C37H41N3O12P2. The maximum atomic E-state index is 13.2. The maximum absolute atomic E-state index is 13.2. The largest absolute Gasteiger partial charge is 0.518 e. The van der Waals surface area contributed by atoms with Gasteiger partial charge in [-0.1, -0.05) is 68.4 Å². The van der Waals surface area contributed by atoms with Crippen LogP contribution in [0.1, 0.15) is 49.8 Å². The molecular weight excluding hydrogens is 740 g/mol. The summed E-state index contributed by atoms with van der Waals surface area (Å²) in [5, 5.41) is 5.37. The van der Waals surface area contributed by atoms with Crippen molar-refractivity contribution in [3.05, 3.63) is 83.4 Å². The zero-order valence-corrected chi connectivity index (χ0v) is 32.1. The second kappa shape index (κ2) is 18.8. The van der Waals surface area contributed by atoms with Gasteiger partial charge in [-0.15, -0.1) is 0 Å². The number of amides is 2. The van der Waals surface area contributed by atoms with E-state index < -0.39 is 60.4 Å². The molecule has 3 aromatic rings. The first-order valence-electron chi connectivity index (χ1n) is 17.0. The Morgan fingerprint density at radius 3 is 2.26 bits per heavy atom. The Kier molecular flexibility index (Phi) is 13.9. The predicted octanol–water partition coefficient (Wildman–Crippen LogP) is 6.52. The Bertz CT molecular complexity index is 1850. The molecule has 0 aromatic heterocycles. The van der Waals surface area contributed by atoms with Gasteiger partial charge in [0.1, 0.15) is 19.0 Å². The van der Waals surface area contributed by atoms with Crippen LogP contribution in [0.25, 0.3) is 11.1 Å². The minimum Gasteiger partial charge on any atom is -0.467 e. The number of benzene rings is 3. The van der Waals surface area contributed by atoms with Gasteiger partial charge in [-0.05, 0) is 55.3 Å². The highest BCUT2D eigenvalue weighted by molar-refractivity contribution is 7.31. The molecule has 0 saturated carbocycles. The fraction of sp³-hybridized carbons (Fsp3) is 0.378. The molecule has 2 aliphatic rings. The monoisotopic (exact) mass is 781 g/mol. The van der Waals surface area contributed by atoms with Crippen molar-refractivity contribution in [2.24, 2.45) is 16.4 Å². The van der Waals surface area contributed by atoms with E-state index in [9.17, 15) is 24.0 Å². The summed E-state index contributed by atoms with van der Waals surface area (Å²) in [5.41, 5.74) is 4.94. The number of rotatable bonds is 13. The summed E-state index contributed by atoms with van der Waals surface area (Å²) >= 11 is 0. The first-order valence-corrected chi connectivity index (χ1v) is 18.3. The average Bonchev–Trinajstić information content (AvgIpc) is 3.48. The van der Waals surface area contributed by atoms with E-state index in [1.54, 1.807) is 19.9 Å². The van der Waals surface area contributed by atoms with E-state index in [-0.39, 0.29) is 52.1 Å². The summed E-state index contributed by atoms with van der Waals surface area (Å²) in [6.07, 6.45) is -5.03. The molecule has 0 radical (unpaired) electrons. The Morgan fingerprint density at radius 2 is 1.61 bits per heavy atom. The van der Waals surface area contributed by atoms with Crippen molar-refractivity contribution in [1.82, 2.24) is 5.32 Å². The summed E-state index contributed by atoms with van der Waals surface area (Å²) in [4.78, 5) is 62.5. The number of esters is 2. The number of alkyl carbamates (subject to hydrolysis) is 1. The molecule has 1 heterocycles. The van der Waals surface area contributed by atoms with E-state index in [4.69, 9.17) is 32.9 Å². The molecule has 5 rings (SSSR count). The van der Waals surface area contributed by atoms with Gasteiger partial charge in [-0.2, -0.15) is 0 Å². The minimum absolute atomic E-state index is 0.0324. The number of nitrogens with one attached hydrogen (secondary N) is 2. The predicted molar refractivity (Wildman–Crippen MR) is 198 cm³/mol. The van der Waals surface area contributed by atoms with Crippen LogP contribution in [0, 0.1) is 11.8 Å². The van der Waals surface area contributed by atoms with Crippen LogP contribution in [0.2, 0.25) is 0 Å². The van der Waals surface area contributed by atoms with E-state index >= 15 is 0 Å². The lowest BCUT2D eigenvalue weighted by molar-refractivity contribution is -0.248. The molecule has 2 amide bonds. The lowest BCUT2D eigenvalue weighted by Gasteiger charge is -2.42. The average molecular weight is 782 g/mol. The zero-order valence-electron chi connectivity index (χ0n) is 30.0. The van der Waals surface area contributed by atoms with Gasteiger partial charge in [-0.25, -0.2) is 18.9 Å². The van der Waals surface area contributed by atoms with E-state index in [0.29, 0.717) is 5.56 Å². The van der Waals surface area contributed by atoms with E-state index in [2.05, 4.69) is 24.5 Å². The summed E-state index contributed by atoms with van der Waals surface area (Å²) in [6, 6.07) is 20.6. The topological polar surface area (TPSA) is 186 Å². The molecule has 3 aromatic carbocycles. The van der Waals surface area contributed by atoms with Gasteiger partial charge in [-0.3, -0.25) is 9.59 Å². The molecule has 1 aliphatic carbocycles. The number of hydrogen-bond donors (Lipinski definition) is 2. The highest BCUT2D eigenvalue weighted by Gasteiger charge is 2.48. The van der Waals surface area contributed by atoms with E-state index in [1.807, 2.05) is 48.5 Å². The Labute approximate surface area is 315 Å². The van der Waals surface area contributed by atoms with Crippen molar-refractivity contribution in [2.75, 3.05) is 25.6 Å². The van der Waals surface area contributed by atoms with Gasteiger partial charge in [0.2, 0.25) is 12.2 Å². The lowest BCUT2D eigenvalue weighted by Crippen LogP contribution is -2.55. The van der Waals surface area contributed by atoms with Crippen molar-refractivity contribution in [3.63, 3.8) is 0 Å². The lowest BCUT2D eigenvalue weighted by atomic mass is 9.83. The van der Waals surface area contributed by atoms with Gasteiger partial charge >= 0.3 is 24.2 Å². The standard InChI is InChI=1S/C37H41N3O12P2/c1-20-21(2)33(49-22(3)41)35(51-32(20)34(43)46-4)50-30-14-13-23(18-48-37(45)52-54-40-53)17-29(30)39-31(42)15-16-38-36(44)47-19-28-26-11-7-5-9-24(26)25-10-6-8-12-27(25)28/h5-14,17,20-21,28,32-33,35H,15-16,18-19,53H2,1-4H3,(H,38,44)(H,39,42)/t20-,21-,32-,33+,35+/m0/s1. The van der Waals surface area contributed by atoms with E-state index in [0.717, 1.165) is 22.3 Å². The molecule has 0 spiro atoms. The van der Waals surface area contributed by atoms with Crippen molar-refractivity contribution < 1.29 is 56.9 Å². The van der Waals surface area contributed by atoms with Gasteiger partial charge in [0, 0.05) is 31.7 Å². The number of anilines is 1. The molecule has 1 unspecified atom stereocenters. The second-order valence-electron chi connectivity index (χ2n) is 12.6. The van der Waals surface area contributed by atoms with Crippen LogP contribution >= 0.6 is 18.0 Å². The number of carbonyl (C=O) groups is 5. The van der Waals surface area contributed by atoms with Crippen molar-refractivity contribution in [3.8, 4) is 16.9 Å². The Balaban J connectivity index is 1.25. The number of hydrogen-bond acceptors (Lipinski definition) is 13. The highest BCUT2D eigenvalue weighted by Crippen LogP contribution is 2.44. The fourth-order valence-corrected chi connectivity index (χ4v) is 6.67. The molecule has 1 aliphatic heterocycles. The van der Waals surface area contributed by atoms with E-state index in [1.165, 1.54) is 26.2 Å². The van der Waals surface area contributed by atoms with Crippen molar-refractivity contribution in [2.45, 2.75) is 58.2 Å². The third kappa shape index (κ3) is 9.90. The van der Waals surface area contributed by atoms with Gasteiger partial charge in [0.15, 0.2) is 12.2 Å². The van der Waals surface area contributed by atoms with Crippen LogP contribution in [-0.4, -0.2) is 68.9 Å². The molecule has 54 heavy (non-hydrogen) atoms. The molecule has 286 valence electrons. The molecule has 0 bridgehead atoms. The number of methoxy groups -OCH3 is 1. The quantitative estimate of drug-likeness (QED) is 0.109. The van der Waals surface area contributed by atoms with Crippen LogP contribution in [-0.2, 0) is 49.2 Å². The minimum atomic E-state index is -1.28. The molecule has 15 nitrogen and oxygen atoms in total. The number of nitrogens with zero attached hydrogens (tertiary/aromatic N) is 1. The Morgan fingerprint density at radius 1 is 0.926 bits per heavy atom. The molecule has 6 atom stereocenters. The van der Waals surface area contributed by atoms with Gasteiger partial charge < -0.3 is 43.6 Å². The number of fused-ring (bicyclic) bond motifs is 3. The Hall–Kier alpha value is -5.10. The molecule has 1 saturated heterocycles. The third-order valence-corrected chi connectivity index (χ3v) is 9.76. The summed E-state index contributed by atoms with van der Waals surface area (Å²) in [5.74, 6) is -2.55. The second-order valence-corrected chi connectivity index (χ2v) is 13.8. The SMILES string of the molecule is COC(=O)[C@H]1O[C@@H](Oc2ccc(COC(=O)OP=NP)cc2NC(=O)CCNC(=O)OCC2c3ccccc3-c3ccccc32)[C@H](OC(C)=O)[C@@H](C)[C@@H]1C. The van der Waals surface area contributed by atoms with Crippen molar-refractivity contribution in [1.29, 1.82) is 0 Å². The summed E-state index contributed by atoms with van der Waals surface area (Å²) in [7, 11) is 3.32. The van der Waals surface area contributed by atoms with Gasteiger partial charge in [0.25, 0.3) is 8.60 Å². The van der Waals surface area contributed by atoms with Crippen LogP contribution in [0.15, 0.2) is 71.2 Å². The molecule has 17 heteroatoms. The number of carbonyl (C=O) groups excluding carboxylic acids is 5. The highest BCUT2D eigenvalue weighted by atomic mass is 31.1. The van der Waals surface area contributed by atoms with Crippen LogP contribution in [0.5, 0.6) is 5.75 Å². The normalized spacial score (nSPS) is 20.2. The zero-order chi connectivity index (χ0) is 38.8. The van der Waals surface area contributed by atoms with Crippen LogP contribution < -0.4 is 15.4 Å². The molecule has 1 fully saturated rings. The van der Waals surface area contributed by atoms with Crippen LogP contribution in [0.3, 0.4) is 0 Å². The van der Waals surface area contributed by atoms with Gasteiger partial charge in [0.05, 0.1) is 12.8 Å². The summed E-state index contributed by atoms with van der Waals surface area (Å²) < 4.78 is 41.7.